The number of aliphatic hydroxyl groups is 1. The molecule has 0 unspecified atom stereocenters. The molecule has 1 aliphatic heterocycles. The van der Waals surface area contributed by atoms with Crippen LogP contribution in [-0.4, -0.2) is 38.5 Å². The number of benzene rings is 1. The molecular formula is C16H26N2O2. The molecular weight excluding hydrogens is 252 g/mol. The first-order valence-electron chi connectivity index (χ1n) is 7.58. The van der Waals surface area contributed by atoms with Gasteiger partial charge in [-0.2, -0.15) is 0 Å². The Morgan fingerprint density at radius 3 is 2.75 bits per heavy atom. The minimum absolute atomic E-state index is 0.240. The molecule has 2 N–H and O–H groups in total. The standard InChI is InChI=1S/C16H26N2O2/c1-20-16-12-14(13-17-8-5-11-19)6-7-15(16)18-9-3-2-4-10-18/h6-7,12,17,19H,2-5,8-11,13H2,1H3. The third kappa shape index (κ3) is 4.12. The lowest BCUT2D eigenvalue weighted by molar-refractivity contribution is 0.286. The van der Waals surface area contributed by atoms with Crippen molar-refractivity contribution in [1.82, 2.24) is 5.32 Å². The summed E-state index contributed by atoms with van der Waals surface area (Å²) >= 11 is 0. The zero-order valence-electron chi connectivity index (χ0n) is 12.4. The monoisotopic (exact) mass is 278 g/mol. The van der Waals surface area contributed by atoms with Crippen LogP contribution in [0.3, 0.4) is 0 Å². The zero-order chi connectivity index (χ0) is 14.2. The second-order valence-corrected chi connectivity index (χ2v) is 5.31. The van der Waals surface area contributed by atoms with Crippen LogP contribution >= 0.6 is 0 Å². The molecule has 0 saturated carbocycles. The number of piperidine rings is 1. The number of anilines is 1. The van der Waals surface area contributed by atoms with Gasteiger partial charge >= 0.3 is 0 Å². The van der Waals surface area contributed by atoms with Gasteiger partial charge in [0.2, 0.25) is 0 Å². The molecule has 0 aliphatic carbocycles. The summed E-state index contributed by atoms with van der Waals surface area (Å²) in [5.41, 5.74) is 2.44. The first-order valence-corrected chi connectivity index (χ1v) is 7.58. The van der Waals surface area contributed by atoms with Gasteiger partial charge in [0.15, 0.2) is 0 Å². The van der Waals surface area contributed by atoms with E-state index in [2.05, 4.69) is 28.4 Å². The van der Waals surface area contributed by atoms with E-state index in [1.807, 2.05) is 0 Å². The molecule has 112 valence electrons. The van der Waals surface area contributed by atoms with Gasteiger partial charge in [0, 0.05) is 26.2 Å². The van der Waals surface area contributed by atoms with Crippen molar-refractivity contribution in [3.8, 4) is 5.75 Å². The van der Waals surface area contributed by atoms with Crippen molar-refractivity contribution in [3.05, 3.63) is 23.8 Å². The molecule has 0 atom stereocenters. The molecule has 1 aromatic rings. The highest BCUT2D eigenvalue weighted by Gasteiger charge is 2.15. The largest absolute Gasteiger partial charge is 0.495 e. The Balaban J connectivity index is 1.99. The molecule has 0 aromatic heterocycles. The Labute approximate surface area is 121 Å². The Morgan fingerprint density at radius 1 is 1.25 bits per heavy atom. The maximum Gasteiger partial charge on any atom is 0.142 e. The topological polar surface area (TPSA) is 44.7 Å². The Hall–Kier alpha value is -1.26. The minimum atomic E-state index is 0.240. The number of hydrogen-bond acceptors (Lipinski definition) is 4. The maximum atomic E-state index is 8.76. The van der Waals surface area contributed by atoms with E-state index in [1.165, 1.54) is 30.5 Å². The first kappa shape index (κ1) is 15.1. The summed E-state index contributed by atoms with van der Waals surface area (Å²) in [4.78, 5) is 2.42. The van der Waals surface area contributed by atoms with Crippen molar-refractivity contribution < 1.29 is 9.84 Å². The van der Waals surface area contributed by atoms with E-state index in [1.54, 1.807) is 7.11 Å². The summed E-state index contributed by atoms with van der Waals surface area (Å²) in [6, 6.07) is 6.46. The molecule has 0 spiro atoms. The lowest BCUT2D eigenvalue weighted by Crippen LogP contribution is -2.29. The Morgan fingerprint density at radius 2 is 2.05 bits per heavy atom. The van der Waals surface area contributed by atoms with Gasteiger partial charge in [-0.05, 0) is 49.9 Å². The molecule has 4 heteroatoms. The second-order valence-electron chi connectivity index (χ2n) is 5.31. The van der Waals surface area contributed by atoms with Gasteiger partial charge in [0.25, 0.3) is 0 Å². The molecule has 0 amide bonds. The Bertz CT molecular complexity index is 403. The maximum absolute atomic E-state index is 8.76. The van der Waals surface area contributed by atoms with Crippen LogP contribution in [0.4, 0.5) is 5.69 Å². The van der Waals surface area contributed by atoms with Crippen molar-refractivity contribution in [3.63, 3.8) is 0 Å². The third-order valence-corrected chi connectivity index (χ3v) is 3.78. The molecule has 1 heterocycles. The summed E-state index contributed by atoms with van der Waals surface area (Å²) in [5, 5.41) is 12.1. The van der Waals surface area contributed by atoms with Gasteiger partial charge in [0.05, 0.1) is 12.8 Å². The molecule has 4 nitrogen and oxygen atoms in total. The SMILES string of the molecule is COc1cc(CNCCCO)ccc1N1CCCCC1. The van der Waals surface area contributed by atoms with Crippen LogP contribution in [0.2, 0.25) is 0 Å². The normalized spacial score (nSPS) is 15.4. The zero-order valence-corrected chi connectivity index (χ0v) is 12.4. The smallest absolute Gasteiger partial charge is 0.142 e. The highest BCUT2D eigenvalue weighted by molar-refractivity contribution is 5.60. The van der Waals surface area contributed by atoms with Crippen molar-refractivity contribution in [1.29, 1.82) is 0 Å². The van der Waals surface area contributed by atoms with Crippen LogP contribution < -0.4 is 15.0 Å². The van der Waals surface area contributed by atoms with E-state index in [-0.39, 0.29) is 6.61 Å². The van der Waals surface area contributed by atoms with E-state index in [0.717, 1.165) is 38.3 Å². The summed E-state index contributed by atoms with van der Waals surface area (Å²) < 4.78 is 5.56. The van der Waals surface area contributed by atoms with Gasteiger partial charge in [-0.15, -0.1) is 0 Å². The van der Waals surface area contributed by atoms with Crippen LogP contribution in [0, 0.1) is 0 Å². The lowest BCUT2D eigenvalue weighted by atomic mass is 10.1. The predicted octanol–water partition coefficient (Wildman–Crippen LogP) is 2.16. The Kier molecular flexibility index (Phi) is 6.15. The minimum Gasteiger partial charge on any atom is -0.495 e. The van der Waals surface area contributed by atoms with Crippen molar-refractivity contribution in [2.45, 2.75) is 32.2 Å². The highest BCUT2D eigenvalue weighted by atomic mass is 16.5. The average Bonchev–Trinajstić information content (AvgIpc) is 2.52. The number of hydrogen-bond donors (Lipinski definition) is 2. The molecule has 1 saturated heterocycles. The van der Waals surface area contributed by atoms with E-state index in [0.29, 0.717) is 0 Å². The quantitative estimate of drug-likeness (QED) is 0.750. The summed E-state index contributed by atoms with van der Waals surface area (Å²) in [6.45, 7) is 4.16. The van der Waals surface area contributed by atoms with Gasteiger partial charge in [-0.1, -0.05) is 6.07 Å². The van der Waals surface area contributed by atoms with Crippen molar-refractivity contribution in [2.75, 3.05) is 38.3 Å². The second kappa shape index (κ2) is 8.12. The molecule has 0 radical (unpaired) electrons. The molecule has 20 heavy (non-hydrogen) atoms. The summed E-state index contributed by atoms with van der Waals surface area (Å²) in [7, 11) is 1.74. The summed E-state index contributed by atoms with van der Waals surface area (Å²) in [5.74, 6) is 0.966. The van der Waals surface area contributed by atoms with Gasteiger partial charge < -0.3 is 20.1 Å². The van der Waals surface area contributed by atoms with E-state index < -0.39 is 0 Å². The molecule has 1 aromatic carbocycles. The number of nitrogens with one attached hydrogen (secondary N) is 1. The van der Waals surface area contributed by atoms with Gasteiger partial charge in [-0.25, -0.2) is 0 Å². The summed E-state index contributed by atoms with van der Waals surface area (Å²) in [6.07, 6.45) is 4.68. The highest BCUT2D eigenvalue weighted by Crippen LogP contribution is 2.31. The number of aliphatic hydroxyl groups excluding tert-OH is 1. The predicted molar refractivity (Wildman–Crippen MR) is 82.5 cm³/mol. The number of ether oxygens (including phenoxy) is 1. The number of methoxy groups -OCH3 is 1. The molecule has 0 bridgehead atoms. The number of nitrogens with zero attached hydrogens (tertiary/aromatic N) is 1. The van der Waals surface area contributed by atoms with Crippen LogP contribution in [0.5, 0.6) is 5.75 Å². The van der Waals surface area contributed by atoms with Crippen LogP contribution in [-0.2, 0) is 6.54 Å². The lowest BCUT2D eigenvalue weighted by Gasteiger charge is -2.30. The van der Waals surface area contributed by atoms with E-state index in [9.17, 15) is 0 Å². The average molecular weight is 278 g/mol. The van der Waals surface area contributed by atoms with E-state index >= 15 is 0 Å². The van der Waals surface area contributed by atoms with Crippen LogP contribution in [0.1, 0.15) is 31.2 Å². The molecule has 1 aliphatic rings. The van der Waals surface area contributed by atoms with Gasteiger partial charge in [0.1, 0.15) is 5.75 Å². The number of rotatable bonds is 7. The van der Waals surface area contributed by atoms with Crippen LogP contribution in [0.25, 0.3) is 0 Å². The fourth-order valence-electron chi connectivity index (χ4n) is 2.66. The van der Waals surface area contributed by atoms with E-state index in [4.69, 9.17) is 9.84 Å². The molecule has 2 rings (SSSR count). The van der Waals surface area contributed by atoms with Crippen molar-refractivity contribution >= 4 is 5.69 Å². The fourth-order valence-corrected chi connectivity index (χ4v) is 2.66. The third-order valence-electron chi connectivity index (χ3n) is 3.78. The van der Waals surface area contributed by atoms with Crippen molar-refractivity contribution in [2.24, 2.45) is 0 Å². The molecule has 1 fully saturated rings. The van der Waals surface area contributed by atoms with Gasteiger partial charge in [-0.3, -0.25) is 0 Å². The first-order chi connectivity index (χ1) is 9.85. The van der Waals surface area contributed by atoms with Crippen LogP contribution in [0.15, 0.2) is 18.2 Å². The fraction of sp³-hybridized carbons (Fsp3) is 0.625.